The van der Waals surface area contributed by atoms with Gasteiger partial charge in [0.2, 0.25) is 0 Å². The van der Waals surface area contributed by atoms with Crippen LogP contribution < -0.4 is 0 Å². The van der Waals surface area contributed by atoms with Crippen LogP contribution in [0, 0.1) is 5.82 Å². The van der Waals surface area contributed by atoms with Gasteiger partial charge in [-0.1, -0.05) is 12.8 Å². The molecule has 0 amide bonds. The zero-order valence-electron chi connectivity index (χ0n) is 10.7. The van der Waals surface area contributed by atoms with Crippen LogP contribution in [0.2, 0.25) is 0 Å². The highest BCUT2D eigenvalue weighted by Crippen LogP contribution is 2.22. The van der Waals surface area contributed by atoms with E-state index >= 15 is 0 Å². The molecule has 0 spiro atoms. The molecule has 1 fully saturated rings. The van der Waals surface area contributed by atoms with Crippen LogP contribution >= 0.6 is 0 Å². The van der Waals surface area contributed by atoms with Gasteiger partial charge < -0.3 is 4.90 Å². The molecule has 0 aliphatic heterocycles. The van der Waals surface area contributed by atoms with Crippen molar-refractivity contribution >= 4 is 5.78 Å². The zero-order chi connectivity index (χ0) is 13.0. The second kappa shape index (κ2) is 6.05. The Morgan fingerprint density at radius 1 is 1.44 bits per heavy atom. The Morgan fingerprint density at radius 3 is 2.78 bits per heavy atom. The third-order valence-electron chi connectivity index (χ3n) is 3.65. The number of carbonyl (C=O) groups excluding carboxylic acids is 1. The number of aromatic nitrogens is 1. The van der Waals surface area contributed by atoms with Gasteiger partial charge in [-0.15, -0.1) is 0 Å². The lowest BCUT2D eigenvalue weighted by Gasteiger charge is -2.23. The minimum absolute atomic E-state index is 0.0140. The second-order valence-corrected chi connectivity index (χ2v) is 4.95. The van der Waals surface area contributed by atoms with Gasteiger partial charge in [0, 0.05) is 19.0 Å². The van der Waals surface area contributed by atoms with E-state index in [4.69, 9.17) is 0 Å². The number of hydrogen-bond acceptors (Lipinski definition) is 3. The maximum Gasteiger partial charge on any atom is 0.182 e. The first-order chi connectivity index (χ1) is 8.66. The summed E-state index contributed by atoms with van der Waals surface area (Å²) in [6.07, 6.45) is 6.60. The summed E-state index contributed by atoms with van der Waals surface area (Å²) < 4.78 is 12.7. The van der Waals surface area contributed by atoms with Gasteiger partial charge in [0.1, 0.15) is 11.5 Å². The number of pyridine rings is 1. The molecule has 2 rings (SSSR count). The molecule has 0 bridgehead atoms. The average Bonchev–Trinajstić information content (AvgIpc) is 2.90. The van der Waals surface area contributed by atoms with E-state index in [-0.39, 0.29) is 5.78 Å². The fourth-order valence-corrected chi connectivity index (χ4v) is 2.47. The fourth-order valence-electron chi connectivity index (χ4n) is 2.47. The number of rotatable bonds is 5. The summed E-state index contributed by atoms with van der Waals surface area (Å²) in [5.41, 5.74) is 0.358. The molecule has 0 radical (unpaired) electrons. The molecule has 0 unspecified atom stereocenters. The maximum absolute atomic E-state index is 12.7. The normalized spacial score (nSPS) is 16.4. The lowest BCUT2D eigenvalue weighted by atomic mass is 10.1. The molecule has 18 heavy (non-hydrogen) atoms. The molecule has 0 aromatic carbocycles. The highest BCUT2D eigenvalue weighted by molar-refractivity contribution is 5.94. The number of halogens is 1. The Bertz CT molecular complexity index is 399. The molecule has 1 aliphatic rings. The Balaban J connectivity index is 1.82. The van der Waals surface area contributed by atoms with Gasteiger partial charge >= 0.3 is 0 Å². The van der Waals surface area contributed by atoms with Gasteiger partial charge in [0.25, 0.3) is 0 Å². The average molecular weight is 250 g/mol. The lowest BCUT2D eigenvalue weighted by molar-refractivity contribution is 0.0956. The van der Waals surface area contributed by atoms with Crippen LogP contribution in [0.15, 0.2) is 18.3 Å². The Labute approximate surface area is 107 Å². The smallest absolute Gasteiger partial charge is 0.182 e. The van der Waals surface area contributed by atoms with Crippen LogP contribution in [-0.4, -0.2) is 35.3 Å². The number of hydrogen-bond donors (Lipinski definition) is 0. The topological polar surface area (TPSA) is 33.2 Å². The predicted octanol–water partition coefficient (Wildman–Crippen LogP) is 2.67. The second-order valence-electron chi connectivity index (χ2n) is 4.95. The number of nitrogens with zero attached hydrogens (tertiary/aromatic N) is 2. The Kier molecular flexibility index (Phi) is 4.42. The van der Waals surface area contributed by atoms with Crippen LogP contribution in [0.1, 0.15) is 42.6 Å². The van der Waals surface area contributed by atoms with Crippen LogP contribution in [0.3, 0.4) is 0 Å². The van der Waals surface area contributed by atoms with Crippen molar-refractivity contribution in [2.75, 3.05) is 13.6 Å². The van der Waals surface area contributed by atoms with Crippen LogP contribution in [0.4, 0.5) is 4.39 Å². The monoisotopic (exact) mass is 250 g/mol. The van der Waals surface area contributed by atoms with E-state index < -0.39 is 5.82 Å². The number of Topliss-reactive ketones (excluding diaryl/α,β-unsaturated/α-hetero) is 1. The zero-order valence-corrected chi connectivity index (χ0v) is 10.7. The van der Waals surface area contributed by atoms with Crippen molar-refractivity contribution in [1.82, 2.24) is 9.88 Å². The highest BCUT2D eigenvalue weighted by atomic mass is 19.1. The third kappa shape index (κ3) is 3.35. The molecule has 1 aliphatic carbocycles. The molecule has 0 N–H and O–H groups in total. The molecule has 0 saturated heterocycles. The van der Waals surface area contributed by atoms with Crippen molar-refractivity contribution in [2.24, 2.45) is 0 Å². The lowest BCUT2D eigenvalue weighted by Crippen LogP contribution is -2.31. The van der Waals surface area contributed by atoms with Crippen molar-refractivity contribution in [3.8, 4) is 0 Å². The van der Waals surface area contributed by atoms with Gasteiger partial charge in [-0.3, -0.25) is 9.78 Å². The summed E-state index contributed by atoms with van der Waals surface area (Å²) in [6, 6.07) is 3.35. The molecule has 98 valence electrons. The van der Waals surface area contributed by atoms with Crippen molar-refractivity contribution in [2.45, 2.75) is 38.1 Å². The van der Waals surface area contributed by atoms with E-state index in [1.807, 2.05) is 0 Å². The predicted molar refractivity (Wildman–Crippen MR) is 68.0 cm³/mol. The van der Waals surface area contributed by atoms with Crippen LogP contribution in [0.5, 0.6) is 0 Å². The molecule has 1 saturated carbocycles. The van der Waals surface area contributed by atoms with E-state index in [0.29, 0.717) is 18.2 Å². The first-order valence-corrected chi connectivity index (χ1v) is 6.52. The molecule has 4 heteroatoms. The highest BCUT2D eigenvalue weighted by Gasteiger charge is 2.20. The third-order valence-corrected chi connectivity index (χ3v) is 3.65. The van der Waals surface area contributed by atoms with E-state index in [2.05, 4.69) is 16.9 Å². The minimum Gasteiger partial charge on any atom is -0.303 e. The molecule has 0 atom stereocenters. The van der Waals surface area contributed by atoms with Gasteiger partial charge in [0.05, 0.1) is 6.20 Å². The quantitative estimate of drug-likeness (QED) is 0.753. The standard InChI is InChI=1S/C14H19FN2O/c1-17(12-4-2-3-5-12)9-8-14(18)13-7-6-11(15)10-16-13/h6-7,10,12H,2-5,8-9H2,1H3. The van der Waals surface area contributed by atoms with Crippen molar-refractivity contribution in [1.29, 1.82) is 0 Å². The number of ketones is 1. The summed E-state index contributed by atoms with van der Waals surface area (Å²) in [7, 11) is 2.07. The molecule has 1 aromatic heterocycles. The van der Waals surface area contributed by atoms with Gasteiger partial charge in [-0.05, 0) is 32.0 Å². The van der Waals surface area contributed by atoms with E-state index in [0.717, 1.165) is 12.7 Å². The van der Waals surface area contributed by atoms with E-state index in [1.165, 1.54) is 37.8 Å². The Hall–Kier alpha value is -1.29. The fraction of sp³-hybridized carbons (Fsp3) is 0.571. The van der Waals surface area contributed by atoms with E-state index in [1.54, 1.807) is 0 Å². The molecule has 1 heterocycles. The first kappa shape index (κ1) is 13.1. The Morgan fingerprint density at radius 2 is 2.17 bits per heavy atom. The summed E-state index contributed by atoms with van der Waals surface area (Å²) in [4.78, 5) is 17.9. The minimum atomic E-state index is -0.408. The van der Waals surface area contributed by atoms with Gasteiger partial charge in [0.15, 0.2) is 5.78 Å². The van der Waals surface area contributed by atoms with Crippen molar-refractivity contribution in [3.05, 3.63) is 29.8 Å². The molecule has 3 nitrogen and oxygen atoms in total. The van der Waals surface area contributed by atoms with Crippen LogP contribution in [0.25, 0.3) is 0 Å². The molecular weight excluding hydrogens is 231 g/mol. The number of carbonyl (C=O) groups is 1. The summed E-state index contributed by atoms with van der Waals surface area (Å²) in [5.74, 6) is -0.422. The van der Waals surface area contributed by atoms with Crippen molar-refractivity contribution < 1.29 is 9.18 Å². The largest absolute Gasteiger partial charge is 0.303 e. The van der Waals surface area contributed by atoms with Crippen molar-refractivity contribution in [3.63, 3.8) is 0 Å². The SMILES string of the molecule is CN(CCC(=O)c1ccc(F)cn1)C1CCCC1. The van der Waals surface area contributed by atoms with Gasteiger partial charge in [-0.2, -0.15) is 0 Å². The van der Waals surface area contributed by atoms with Gasteiger partial charge in [-0.25, -0.2) is 4.39 Å². The summed E-state index contributed by atoms with van der Waals surface area (Å²) in [6.45, 7) is 0.753. The van der Waals surface area contributed by atoms with E-state index in [9.17, 15) is 9.18 Å². The summed E-state index contributed by atoms with van der Waals surface area (Å²) >= 11 is 0. The molecular formula is C14H19FN2O. The molecule has 1 aromatic rings. The van der Waals surface area contributed by atoms with Crippen LogP contribution in [-0.2, 0) is 0 Å². The summed E-state index contributed by atoms with van der Waals surface area (Å²) in [5, 5.41) is 0. The maximum atomic E-state index is 12.7. The first-order valence-electron chi connectivity index (χ1n) is 6.52.